The number of amides is 1. The largest absolute Gasteiger partial charge is 0.454 e. The van der Waals surface area contributed by atoms with E-state index in [0.29, 0.717) is 0 Å². The van der Waals surface area contributed by atoms with Crippen molar-refractivity contribution in [3.63, 3.8) is 0 Å². The van der Waals surface area contributed by atoms with Gasteiger partial charge in [-0.3, -0.25) is 9.79 Å². The zero-order valence-corrected chi connectivity index (χ0v) is 42.2. The molecule has 340 valence electrons. The summed E-state index contributed by atoms with van der Waals surface area (Å²) in [6.07, 6.45) is -4.97. The number of rotatable bonds is 11. The number of ether oxygens (including phenoxy) is 7. The van der Waals surface area contributed by atoms with Crippen LogP contribution in [-0.4, -0.2) is 117 Å². The molecule has 8 bridgehead atoms. The number of carbonyl (C=O) groups is 2. The van der Waals surface area contributed by atoms with Crippen LogP contribution in [0.25, 0.3) is 0 Å². The lowest BCUT2D eigenvalue weighted by atomic mass is 9.55. The van der Waals surface area contributed by atoms with Crippen LogP contribution in [0.1, 0.15) is 103 Å². The Hall–Kier alpha value is -0.406. The molecule has 3 saturated carbocycles. The number of alkyl halides is 3. The highest BCUT2D eigenvalue weighted by Gasteiger charge is 2.91. The molecule has 14 atom stereocenters. The van der Waals surface area contributed by atoms with Crippen LogP contribution in [0.4, 0.5) is 0 Å². The van der Waals surface area contributed by atoms with Crippen LogP contribution in [0, 0.1) is 22.7 Å². The molecule has 60 heavy (non-hydrogen) atoms. The van der Waals surface area contributed by atoms with Crippen molar-refractivity contribution in [2.24, 2.45) is 27.7 Å². The summed E-state index contributed by atoms with van der Waals surface area (Å²) in [6.45, 7) is 32.3. The predicted molar refractivity (Wildman–Crippen MR) is 231 cm³/mol. The van der Waals surface area contributed by atoms with E-state index >= 15 is 0 Å². The first-order valence-corrected chi connectivity index (χ1v) is 28.2. The zero-order chi connectivity index (χ0) is 44.3. The summed E-state index contributed by atoms with van der Waals surface area (Å²) in [5, 5.41) is 2.91. The van der Waals surface area contributed by atoms with E-state index in [1.165, 1.54) is 0 Å². The second-order valence-electron chi connectivity index (χ2n) is 21.9. The second-order valence-corrected chi connectivity index (χ2v) is 34.3. The molecule has 1 spiro atoms. The lowest BCUT2D eigenvalue weighted by Gasteiger charge is -2.72. The van der Waals surface area contributed by atoms with Gasteiger partial charge < -0.3 is 47.3 Å². The molecule has 6 aliphatic heterocycles. The minimum absolute atomic E-state index is 0.0875. The monoisotopic (exact) mass is 936 g/mol. The number of nitrogens with one attached hydrogen (secondary N) is 1. The lowest BCUT2D eigenvalue weighted by molar-refractivity contribution is -0.522. The van der Waals surface area contributed by atoms with Crippen LogP contribution in [0.15, 0.2) is 4.99 Å². The van der Waals surface area contributed by atoms with Crippen LogP contribution in [-0.2, 0) is 51.6 Å². The highest BCUT2D eigenvalue weighted by molar-refractivity contribution is 6.78. The molecule has 3 aliphatic carbocycles. The van der Waals surface area contributed by atoms with Crippen molar-refractivity contribution >= 4 is 69.0 Å². The Kier molecular flexibility index (Phi) is 11.0. The minimum Gasteiger partial charge on any atom is -0.454 e. The van der Waals surface area contributed by atoms with E-state index in [0.717, 1.165) is 18.6 Å². The number of aliphatic imine (C=N–C) groups is 1. The van der Waals surface area contributed by atoms with Gasteiger partial charge in [0.1, 0.15) is 42.9 Å². The predicted octanol–water partition coefficient (Wildman–Crippen LogP) is 7.94. The van der Waals surface area contributed by atoms with Crippen molar-refractivity contribution in [3.8, 4) is 0 Å². The molecule has 1 N–H and O–H groups in total. The molecule has 5 saturated heterocycles. The van der Waals surface area contributed by atoms with Crippen LogP contribution < -0.4 is 5.32 Å². The maximum absolute atomic E-state index is 14.6. The van der Waals surface area contributed by atoms with Gasteiger partial charge in [-0.2, -0.15) is 0 Å². The lowest BCUT2D eigenvalue weighted by Crippen LogP contribution is -2.94. The third-order valence-corrected chi connectivity index (χ3v) is 28.2. The molecule has 18 heteroatoms. The van der Waals surface area contributed by atoms with Crippen LogP contribution in [0.2, 0.25) is 34.8 Å². The molecular weight excluding hydrogens is 871 g/mol. The maximum Gasteiger partial charge on any atom is 0.334 e. The fourth-order valence-electron chi connectivity index (χ4n) is 13.0. The van der Waals surface area contributed by atoms with Crippen molar-refractivity contribution in [3.05, 3.63) is 0 Å². The van der Waals surface area contributed by atoms with Gasteiger partial charge in [-0.1, -0.05) is 118 Å². The topological polar surface area (TPSA) is 142 Å². The van der Waals surface area contributed by atoms with Crippen molar-refractivity contribution in [1.82, 2.24) is 5.32 Å². The normalized spacial score (nSPS) is 44.1. The summed E-state index contributed by atoms with van der Waals surface area (Å²) in [4.78, 5) is 34.3. The summed E-state index contributed by atoms with van der Waals surface area (Å²) in [6, 6.07) is -1.13. The van der Waals surface area contributed by atoms with Crippen LogP contribution in [0.3, 0.4) is 0 Å². The summed E-state index contributed by atoms with van der Waals surface area (Å²) in [7, 11) is -5.74. The molecule has 7 unspecified atom stereocenters. The molecule has 1 amide bonds. The van der Waals surface area contributed by atoms with Gasteiger partial charge in [0.05, 0.1) is 11.6 Å². The molecule has 9 aliphatic rings. The van der Waals surface area contributed by atoms with Gasteiger partial charge in [0.2, 0.25) is 8.32 Å². The fourth-order valence-corrected chi connectivity index (χ4v) is 19.8. The van der Waals surface area contributed by atoms with Gasteiger partial charge in [0, 0.05) is 17.9 Å². The Balaban J connectivity index is 1.38. The van der Waals surface area contributed by atoms with Gasteiger partial charge in [-0.05, 0) is 59.9 Å². The molecule has 9 rings (SSSR count). The van der Waals surface area contributed by atoms with Crippen LogP contribution in [0.5, 0.6) is 0 Å². The Bertz CT molecular complexity index is 1790. The first-order valence-electron chi connectivity index (χ1n) is 22.0. The van der Waals surface area contributed by atoms with E-state index in [2.05, 4.69) is 101 Å². The van der Waals surface area contributed by atoms with Gasteiger partial charge in [0.15, 0.2) is 32.4 Å². The van der Waals surface area contributed by atoms with E-state index in [-0.39, 0.29) is 51.8 Å². The molecule has 13 nitrogen and oxygen atoms in total. The molecule has 8 fully saturated rings. The number of carbonyl (C=O) groups excluding carboxylic acids is 2. The first-order chi connectivity index (χ1) is 27.5. The average Bonchev–Trinajstić information content (AvgIpc) is 3.77. The molecule has 6 heterocycles. The van der Waals surface area contributed by atoms with Crippen molar-refractivity contribution < 1.29 is 51.6 Å². The van der Waals surface area contributed by atoms with Gasteiger partial charge in [-0.25, -0.2) is 4.79 Å². The van der Waals surface area contributed by atoms with Gasteiger partial charge in [-0.15, -0.1) is 0 Å². The maximum atomic E-state index is 14.6. The number of esters is 1. The quantitative estimate of drug-likeness (QED) is 0.123. The summed E-state index contributed by atoms with van der Waals surface area (Å²) in [5.74, 6) is -4.02. The smallest absolute Gasteiger partial charge is 0.334 e. The number of hydrogen-bond acceptors (Lipinski definition) is 12. The average molecular weight is 939 g/mol. The SMILES string of the molecule is CCOC1O[C@@H]2C3(O[Si](C(C)C)(C(C)C)C(C)C)OC4C(O[Si](C)(C)C(C)(C)C)[C@]2(NC(=O)C(Cl)(Cl)Cl)C1C(O3)[C@]41OCO[C@@H]1[C@@H]1N=C2C(OC1=O)[C@H]1CC[C@]2(C)C1(C)C. The highest BCUT2D eigenvalue weighted by atomic mass is 35.6. The Morgan fingerprint density at radius 3 is 2.17 bits per heavy atom. The first kappa shape index (κ1) is 46.1. The number of halogens is 3. The second kappa shape index (κ2) is 14.3. The standard InChI is InChI=1S/C42H67Cl3N2O11Si2/c1-16-50-33-24-28-40(29(51-19-52-40)25-32(48)53-26-23-17-18-38(13,27(26)46-25)37(23,11)12)31-30(57-59(14,15)36(8,9)10)39(24,47-35(49)41(43,44)45)34(54-33)42(55-28,56-31)58-60(20(2)3,21(4)5)22(6)7/h20-26,28-31,33-34H,16-19H2,1-15H3,(H,47,49)/t23-,24?,25+,26?,28?,29-,30?,31?,33?,34+,38+,39-,40-,42?/m1/s1. The summed E-state index contributed by atoms with van der Waals surface area (Å²) >= 11 is 19.3. The Morgan fingerprint density at radius 1 is 0.983 bits per heavy atom. The third-order valence-electron chi connectivity index (χ3n) is 17.1. The third kappa shape index (κ3) is 5.85. The van der Waals surface area contributed by atoms with E-state index < -0.39 is 104 Å². The molecule has 0 aromatic rings. The Labute approximate surface area is 372 Å². The van der Waals surface area contributed by atoms with Gasteiger partial charge in [0.25, 0.3) is 9.70 Å². The Morgan fingerprint density at radius 2 is 1.60 bits per heavy atom. The van der Waals surface area contributed by atoms with Crippen molar-refractivity contribution in [2.45, 2.75) is 207 Å². The zero-order valence-electron chi connectivity index (χ0n) is 37.9. The van der Waals surface area contributed by atoms with E-state index in [1.807, 2.05) is 6.92 Å². The number of nitrogens with zero attached hydrogens (tertiary/aromatic N) is 1. The minimum atomic E-state index is -2.92. The highest BCUT2D eigenvalue weighted by Crippen LogP contribution is 2.70. The van der Waals surface area contributed by atoms with E-state index in [1.54, 1.807) is 0 Å². The molecular formula is C42H67Cl3N2O11Si2. The number of hydrogen-bond donors (Lipinski definition) is 1. The van der Waals surface area contributed by atoms with Crippen LogP contribution >= 0.6 is 34.8 Å². The fraction of sp³-hybridized carbons (Fsp3) is 0.929. The molecule has 0 aromatic heterocycles. The number of fused-ring (bicyclic) bond motifs is 5. The van der Waals surface area contributed by atoms with Crippen molar-refractivity contribution in [1.29, 1.82) is 0 Å². The summed E-state index contributed by atoms with van der Waals surface area (Å²) in [5.41, 5.74) is -2.39. The van der Waals surface area contributed by atoms with E-state index in [4.69, 9.17) is 81.8 Å². The molecule has 0 aromatic carbocycles. The molecule has 0 radical (unpaired) electrons. The summed E-state index contributed by atoms with van der Waals surface area (Å²) < 4.78 is 61.3. The van der Waals surface area contributed by atoms with E-state index in [9.17, 15) is 9.59 Å². The van der Waals surface area contributed by atoms with Gasteiger partial charge >= 0.3 is 11.9 Å². The van der Waals surface area contributed by atoms with Crippen molar-refractivity contribution in [2.75, 3.05) is 13.4 Å².